The van der Waals surface area contributed by atoms with E-state index in [1.54, 1.807) is 0 Å². The fourth-order valence-corrected chi connectivity index (χ4v) is 5.68. The minimum absolute atomic E-state index is 0.244. The summed E-state index contributed by atoms with van der Waals surface area (Å²) in [6, 6.07) is 13.5. The highest BCUT2D eigenvalue weighted by atomic mass is 16.3. The number of carbonyl (C=O) groups is 1. The maximum atomic E-state index is 12.6. The first-order valence-corrected chi connectivity index (χ1v) is 11.3. The van der Waals surface area contributed by atoms with Crippen molar-refractivity contribution in [1.29, 1.82) is 0 Å². The zero-order valence-electron chi connectivity index (χ0n) is 17.5. The van der Waals surface area contributed by atoms with Gasteiger partial charge in [-0.25, -0.2) is 0 Å². The summed E-state index contributed by atoms with van der Waals surface area (Å²) in [7, 11) is 0. The molecule has 2 fully saturated rings. The molecule has 1 aliphatic heterocycles. The molecule has 1 aromatic heterocycles. The van der Waals surface area contributed by atoms with Gasteiger partial charge >= 0.3 is 0 Å². The second kappa shape index (κ2) is 7.64. The van der Waals surface area contributed by atoms with Crippen LogP contribution in [0, 0.1) is 6.92 Å². The van der Waals surface area contributed by atoms with Crippen LogP contribution in [0.25, 0.3) is 0 Å². The van der Waals surface area contributed by atoms with Crippen LogP contribution in [0.4, 0.5) is 0 Å². The van der Waals surface area contributed by atoms with Gasteiger partial charge in [0.15, 0.2) is 0 Å². The molecule has 3 aliphatic rings. The van der Waals surface area contributed by atoms with Gasteiger partial charge in [0, 0.05) is 12.5 Å². The Balaban J connectivity index is 1.26. The lowest BCUT2D eigenvalue weighted by Crippen LogP contribution is -2.41. The van der Waals surface area contributed by atoms with Gasteiger partial charge in [0.1, 0.15) is 11.5 Å². The lowest BCUT2D eigenvalue weighted by Gasteiger charge is -2.40. The molecular formula is C25H32N2O2. The predicted molar refractivity (Wildman–Crippen MR) is 114 cm³/mol. The van der Waals surface area contributed by atoms with E-state index in [1.807, 2.05) is 13.0 Å². The number of nitrogens with one attached hydrogen (secondary N) is 1. The summed E-state index contributed by atoms with van der Waals surface area (Å²) in [4.78, 5) is 15.1. The number of rotatable bonds is 5. The Labute approximate surface area is 173 Å². The number of likely N-dealkylation sites (tertiary alicyclic amines) is 1. The van der Waals surface area contributed by atoms with Crippen molar-refractivity contribution in [2.45, 2.75) is 75.8 Å². The number of amides is 1. The highest BCUT2D eigenvalue weighted by Gasteiger charge is 2.45. The van der Waals surface area contributed by atoms with Crippen LogP contribution < -0.4 is 5.32 Å². The molecule has 2 heterocycles. The Morgan fingerprint density at radius 2 is 1.97 bits per heavy atom. The quantitative estimate of drug-likeness (QED) is 0.804. The van der Waals surface area contributed by atoms with E-state index < -0.39 is 0 Å². The number of piperidine rings is 1. The minimum Gasteiger partial charge on any atom is -0.465 e. The Morgan fingerprint density at radius 1 is 1.17 bits per heavy atom. The predicted octanol–water partition coefficient (Wildman–Crippen LogP) is 4.67. The number of hydrogen-bond acceptors (Lipinski definition) is 3. The van der Waals surface area contributed by atoms with E-state index >= 15 is 0 Å². The van der Waals surface area contributed by atoms with Crippen molar-refractivity contribution in [3.05, 3.63) is 59.0 Å². The fraction of sp³-hybridized carbons (Fsp3) is 0.560. The molecular weight excluding hydrogens is 360 g/mol. The first-order valence-electron chi connectivity index (χ1n) is 11.3. The van der Waals surface area contributed by atoms with Gasteiger partial charge in [-0.05, 0) is 93.1 Å². The minimum atomic E-state index is 0.244. The van der Waals surface area contributed by atoms with Crippen molar-refractivity contribution in [2.75, 3.05) is 13.1 Å². The van der Waals surface area contributed by atoms with Gasteiger partial charge < -0.3 is 9.73 Å². The van der Waals surface area contributed by atoms with Crippen LogP contribution in [0.15, 0.2) is 40.8 Å². The van der Waals surface area contributed by atoms with Crippen molar-refractivity contribution in [2.24, 2.45) is 0 Å². The molecule has 4 heteroatoms. The molecule has 1 aromatic carbocycles. The molecule has 0 radical (unpaired) electrons. The molecule has 1 amide bonds. The van der Waals surface area contributed by atoms with Gasteiger partial charge in [0.2, 0.25) is 5.91 Å². The van der Waals surface area contributed by atoms with Crippen LogP contribution in [-0.2, 0) is 16.8 Å². The molecule has 2 aliphatic carbocycles. The van der Waals surface area contributed by atoms with Gasteiger partial charge in [-0.1, -0.05) is 24.3 Å². The maximum Gasteiger partial charge on any atom is 0.220 e. The zero-order chi connectivity index (χ0) is 19.8. The van der Waals surface area contributed by atoms with Gasteiger partial charge in [0.25, 0.3) is 0 Å². The summed E-state index contributed by atoms with van der Waals surface area (Å²) in [5.41, 5.74) is 3.18. The molecule has 1 saturated heterocycles. The Morgan fingerprint density at radius 3 is 2.66 bits per heavy atom. The maximum absolute atomic E-state index is 12.6. The highest BCUT2D eigenvalue weighted by molar-refractivity contribution is 5.77. The molecule has 2 aromatic rings. The van der Waals surface area contributed by atoms with Crippen LogP contribution in [0.2, 0.25) is 0 Å². The monoisotopic (exact) mass is 392 g/mol. The van der Waals surface area contributed by atoms with Crippen LogP contribution in [0.5, 0.6) is 0 Å². The third-order valence-corrected chi connectivity index (χ3v) is 7.50. The van der Waals surface area contributed by atoms with Crippen LogP contribution in [0.3, 0.4) is 0 Å². The second-order valence-corrected chi connectivity index (χ2v) is 9.46. The van der Waals surface area contributed by atoms with Crippen molar-refractivity contribution >= 4 is 5.91 Å². The number of carbonyl (C=O) groups excluding carboxylic acids is 1. The van der Waals surface area contributed by atoms with Gasteiger partial charge in [-0.15, -0.1) is 0 Å². The largest absolute Gasteiger partial charge is 0.465 e. The molecule has 5 rings (SSSR count). The molecule has 1 atom stereocenters. The zero-order valence-corrected chi connectivity index (χ0v) is 17.5. The van der Waals surface area contributed by atoms with Crippen molar-refractivity contribution in [3.8, 4) is 0 Å². The number of hydrogen-bond donors (Lipinski definition) is 1. The summed E-state index contributed by atoms with van der Waals surface area (Å²) < 4.78 is 5.78. The summed E-state index contributed by atoms with van der Waals surface area (Å²) in [6.45, 7) is 5.09. The van der Waals surface area contributed by atoms with E-state index in [4.69, 9.17) is 4.42 Å². The second-order valence-electron chi connectivity index (χ2n) is 9.46. The summed E-state index contributed by atoms with van der Waals surface area (Å²) in [5.74, 6) is 2.67. The molecule has 1 saturated carbocycles. The van der Waals surface area contributed by atoms with E-state index in [2.05, 4.69) is 40.5 Å². The van der Waals surface area contributed by atoms with Gasteiger partial charge in [0.05, 0.1) is 6.54 Å². The Kier molecular flexibility index (Phi) is 4.99. The lowest BCUT2D eigenvalue weighted by atomic mass is 9.73. The van der Waals surface area contributed by atoms with E-state index in [1.165, 1.54) is 30.4 Å². The Bertz CT molecular complexity index is 874. The molecule has 0 bridgehead atoms. The van der Waals surface area contributed by atoms with Gasteiger partial charge in [-0.3, -0.25) is 9.69 Å². The van der Waals surface area contributed by atoms with Crippen molar-refractivity contribution in [1.82, 2.24) is 10.2 Å². The molecule has 1 spiro atoms. The van der Waals surface area contributed by atoms with Crippen LogP contribution in [-0.4, -0.2) is 29.9 Å². The van der Waals surface area contributed by atoms with Crippen LogP contribution in [0.1, 0.15) is 73.5 Å². The molecule has 4 nitrogen and oxygen atoms in total. The molecule has 29 heavy (non-hydrogen) atoms. The topological polar surface area (TPSA) is 45.5 Å². The van der Waals surface area contributed by atoms with Crippen LogP contribution >= 0.6 is 0 Å². The lowest BCUT2D eigenvalue weighted by molar-refractivity contribution is -0.122. The summed E-state index contributed by atoms with van der Waals surface area (Å²) >= 11 is 0. The number of nitrogens with zero attached hydrogens (tertiary/aromatic N) is 1. The average Bonchev–Trinajstić information content (AvgIpc) is 3.23. The van der Waals surface area contributed by atoms with E-state index in [-0.39, 0.29) is 11.3 Å². The van der Waals surface area contributed by atoms with E-state index in [9.17, 15) is 4.79 Å². The summed E-state index contributed by atoms with van der Waals surface area (Å²) in [6.07, 6.45) is 7.68. The van der Waals surface area contributed by atoms with Crippen molar-refractivity contribution < 1.29 is 9.21 Å². The number of fused-ring (bicyclic) bond motifs is 2. The summed E-state index contributed by atoms with van der Waals surface area (Å²) in [5, 5.41) is 3.24. The Hall–Kier alpha value is -2.07. The average molecular weight is 393 g/mol. The smallest absolute Gasteiger partial charge is 0.220 e. The number of aryl methyl sites for hydroxylation is 1. The van der Waals surface area contributed by atoms with E-state index in [0.717, 1.165) is 50.4 Å². The normalized spacial score (nSPS) is 23.7. The number of benzene rings is 1. The van der Waals surface area contributed by atoms with Gasteiger partial charge in [-0.2, -0.15) is 0 Å². The first-order chi connectivity index (χ1) is 14.1. The fourth-order valence-electron chi connectivity index (χ4n) is 5.68. The standard InChI is InChI=1S/C25H32N2O2/c1-18-9-10-21(29-18)17-27-13-11-25(12-14-27)16-19(22-7-2-3-8-23(22)25)15-24(28)26-20-5-4-6-20/h2-3,7-10,19-20H,4-6,11-17H2,1H3,(H,26,28)/t19-/m0/s1. The third kappa shape index (κ3) is 3.75. The van der Waals surface area contributed by atoms with Crippen molar-refractivity contribution in [3.63, 3.8) is 0 Å². The first kappa shape index (κ1) is 18.9. The SMILES string of the molecule is Cc1ccc(CN2CCC3(CC2)C[C@H](CC(=O)NC2CCC2)c2ccccc23)o1. The number of furan rings is 1. The molecule has 0 unspecified atom stereocenters. The molecule has 154 valence electrons. The van der Waals surface area contributed by atoms with E-state index in [0.29, 0.717) is 18.4 Å². The highest BCUT2D eigenvalue weighted by Crippen LogP contribution is 2.52. The third-order valence-electron chi connectivity index (χ3n) is 7.50. The molecule has 1 N–H and O–H groups in total.